The highest BCUT2D eigenvalue weighted by Crippen LogP contribution is 2.28. The maximum Gasteiger partial charge on any atom is 0.280 e. The van der Waals surface area contributed by atoms with E-state index in [0.717, 1.165) is 0 Å². The molecule has 0 fully saturated rings. The minimum absolute atomic E-state index is 0.249. The second kappa shape index (κ2) is 3.86. The molecule has 78 valence electrons. The molecule has 0 atom stereocenters. The van der Waals surface area contributed by atoms with Gasteiger partial charge in [0, 0.05) is 0 Å². The highest BCUT2D eigenvalue weighted by molar-refractivity contribution is 7.17. The SMILES string of the molecule is Cc1cc(Oc2ncc(N)s2)ccc1F. The Morgan fingerprint density at radius 2 is 2.27 bits per heavy atom. The maximum atomic E-state index is 13.0. The highest BCUT2D eigenvalue weighted by Gasteiger charge is 2.04. The quantitative estimate of drug-likeness (QED) is 0.853. The molecular weight excluding hydrogens is 215 g/mol. The van der Waals surface area contributed by atoms with Gasteiger partial charge in [-0.1, -0.05) is 11.3 Å². The average molecular weight is 224 g/mol. The van der Waals surface area contributed by atoms with Gasteiger partial charge in [0.2, 0.25) is 0 Å². The van der Waals surface area contributed by atoms with Crippen molar-refractivity contribution in [3.8, 4) is 10.9 Å². The fraction of sp³-hybridized carbons (Fsp3) is 0.100. The molecule has 0 saturated carbocycles. The number of hydrogen-bond donors (Lipinski definition) is 1. The van der Waals surface area contributed by atoms with Gasteiger partial charge >= 0.3 is 0 Å². The number of benzene rings is 1. The Bertz CT molecular complexity index is 484. The third kappa shape index (κ3) is 2.24. The zero-order chi connectivity index (χ0) is 10.8. The van der Waals surface area contributed by atoms with Crippen LogP contribution in [-0.4, -0.2) is 4.98 Å². The molecule has 2 aromatic rings. The second-order valence-corrected chi connectivity index (χ2v) is 4.07. The molecule has 2 N–H and O–H groups in total. The van der Waals surface area contributed by atoms with E-state index < -0.39 is 0 Å². The third-order valence-corrected chi connectivity index (χ3v) is 2.54. The number of nitrogens with two attached hydrogens (primary N) is 1. The van der Waals surface area contributed by atoms with Crippen LogP contribution in [0.5, 0.6) is 10.9 Å². The van der Waals surface area contributed by atoms with Crippen molar-refractivity contribution in [2.45, 2.75) is 6.92 Å². The van der Waals surface area contributed by atoms with Crippen molar-refractivity contribution in [2.75, 3.05) is 5.73 Å². The van der Waals surface area contributed by atoms with Crippen molar-refractivity contribution in [3.05, 3.63) is 35.8 Å². The van der Waals surface area contributed by atoms with Crippen LogP contribution in [-0.2, 0) is 0 Å². The number of nitrogens with zero attached hydrogens (tertiary/aromatic N) is 1. The van der Waals surface area contributed by atoms with E-state index in [1.54, 1.807) is 19.1 Å². The molecule has 1 heterocycles. The van der Waals surface area contributed by atoms with E-state index in [1.807, 2.05) is 0 Å². The first-order valence-electron chi connectivity index (χ1n) is 4.30. The van der Waals surface area contributed by atoms with E-state index in [2.05, 4.69) is 4.98 Å². The number of aromatic nitrogens is 1. The maximum absolute atomic E-state index is 13.0. The molecule has 0 amide bonds. The van der Waals surface area contributed by atoms with Gasteiger partial charge in [-0.3, -0.25) is 0 Å². The summed E-state index contributed by atoms with van der Waals surface area (Å²) >= 11 is 1.24. The zero-order valence-electron chi connectivity index (χ0n) is 8.03. The van der Waals surface area contributed by atoms with E-state index in [0.29, 0.717) is 21.5 Å². The summed E-state index contributed by atoms with van der Waals surface area (Å²) < 4.78 is 18.3. The van der Waals surface area contributed by atoms with Crippen molar-refractivity contribution in [1.29, 1.82) is 0 Å². The van der Waals surface area contributed by atoms with Crippen LogP contribution in [0.4, 0.5) is 9.39 Å². The lowest BCUT2D eigenvalue weighted by atomic mass is 10.2. The zero-order valence-corrected chi connectivity index (χ0v) is 8.84. The summed E-state index contributed by atoms with van der Waals surface area (Å²) in [6.45, 7) is 1.68. The van der Waals surface area contributed by atoms with Crippen LogP contribution < -0.4 is 10.5 Å². The Hall–Kier alpha value is -1.62. The molecule has 1 aromatic heterocycles. The largest absolute Gasteiger partial charge is 0.431 e. The van der Waals surface area contributed by atoms with Gasteiger partial charge in [-0.05, 0) is 30.7 Å². The summed E-state index contributed by atoms with van der Waals surface area (Å²) in [4.78, 5) is 3.94. The predicted octanol–water partition coefficient (Wildman–Crippen LogP) is 2.97. The lowest BCUT2D eigenvalue weighted by molar-refractivity contribution is 0.476. The number of anilines is 1. The number of ether oxygens (including phenoxy) is 1. The number of hydrogen-bond acceptors (Lipinski definition) is 4. The Morgan fingerprint density at radius 1 is 1.47 bits per heavy atom. The van der Waals surface area contributed by atoms with Gasteiger partial charge in [-0.25, -0.2) is 9.37 Å². The molecule has 0 bridgehead atoms. The molecule has 15 heavy (non-hydrogen) atoms. The van der Waals surface area contributed by atoms with Crippen molar-refractivity contribution in [3.63, 3.8) is 0 Å². The lowest BCUT2D eigenvalue weighted by Gasteiger charge is -2.02. The van der Waals surface area contributed by atoms with Crippen molar-refractivity contribution in [2.24, 2.45) is 0 Å². The van der Waals surface area contributed by atoms with Gasteiger partial charge in [0.05, 0.1) is 6.20 Å². The Kier molecular flexibility index (Phi) is 2.55. The van der Waals surface area contributed by atoms with E-state index in [-0.39, 0.29) is 5.82 Å². The molecule has 0 radical (unpaired) electrons. The molecule has 2 rings (SSSR count). The lowest BCUT2D eigenvalue weighted by Crippen LogP contribution is -1.86. The molecule has 0 aliphatic carbocycles. The van der Waals surface area contributed by atoms with Crippen LogP contribution in [0.15, 0.2) is 24.4 Å². The third-order valence-electron chi connectivity index (χ3n) is 1.84. The van der Waals surface area contributed by atoms with Crippen LogP contribution >= 0.6 is 11.3 Å². The highest BCUT2D eigenvalue weighted by atomic mass is 32.1. The van der Waals surface area contributed by atoms with Crippen LogP contribution in [0.1, 0.15) is 5.56 Å². The predicted molar refractivity (Wildman–Crippen MR) is 57.7 cm³/mol. The molecule has 1 aromatic carbocycles. The Morgan fingerprint density at radius 3 is 2.87 bits per heavy atom. The fourth-order valence-corrected chi connectivity index (χ4v) is 1.65. The number of rotatable bonds is 2. The number of nitrogen functional groups attached to an aromatic ring is 1. The summed E-state index contributed by atoms with van der Waals surface area (Å²) in [6, 6.07) is 4.54. The van der Waals surface area contributed by atoms with Gasteiger partial charge in [-0.2, -0.15) is 0 Å². The van der Waals surface area contributed by atoms with Crippen molar-refractivity contribution >= 4 is 16.3 Å². The normalized spacial score (nSPS) is 10.3. The smallest absolute Gasteiger partial charge is 0.280 e. The minimum Gasteiger partial charge on any atom is -0.431 e. The van der Waals surface area contributed by atoms with Gasteiger partial charge < -0.3 is 10.5 Å². The van der Waals surface area contributed by atoms with Gasteiger partial charge in [0.25, 0.3) is 5.19 Å². The minimum atomic E-state index is -0.249. The van der Waals surface area contributed by atoms with E-state index >= 15 is 0 Å². The van der Waals surface area contributed by atoms with Crippen LogP contribution in [0, 0.1) is 12.7 Å². The standard InChI is InChI=1S/C10H9FN2OS/c1-6-4-7(2-3-8(6)11)14-10-13-5-9(12)15-10/h2-5H,12H2,1H3. The van der Waals surface area contributed by atoms with Crippen molar-refractivity contribution in [1.82, 2.24) is 4.98 Å². The average Bonchev–Trinajstić information content (AvgIpc) is 2.58. The summed E-state index contributed by atoms with van der Waals surface area (Å²) in [7, 11) is 0. The molecular formula is C10H9FN2OS. The van der Waals surface area contributed by atoms with Crippen LogP contribution in [0.25, 0.3) is 0 Å². The van der Waals surface area contributed by atoms with Crippen molar-refractivity contribution < 1.29 is 9.13 Å². The van der Waals surface area contributed by atoms with Crippen LogP contribution in [0.2, 0.25) is 0 Å². The molecule has 0 aliphatic rings. The van der Waals surface area contributed by atoms with Gasteiger partial charge in [0.1, 0.15) is 16.6 Å². The first-order chi connectivity index (χ1) is 7.15. The second-order valence-electron chi connectivity index (χ2n) is 3.04. The number of halogens is 1. The summed E-state index contributed by atoms with van der Waals surface area (Å²) in [5.41, 5.74) is 6.04. The summed E-state index contributed by atoms with van der Waals surface area (Å²) in [5.74, 6) is 0.309. The summed E-state index contributed by atoms with van der Waals surface area (Å²) in [6.07, 6.45) is 1.52. The first kappa shape index (κ1) is 9.92. The van der Waals surface area contributed by atoms with Gasteiger partial charge in [-0.15, -0.1) is 0 Å². The Balaban J connectivity index is 2.21. The van der Waals surface area contributed by atoms with E-state index in [4.69, 9.17) is 10.5 Å². The number of aryl methyl sites for hydroxylation is 1. The first-order valence-corrected chi connectivity index (χ1v) is 5.12. The van der Waals surface area contributed by atoms with Gasteiger partial charge in [0.15, 0.2) is 0 Å². The fourth-order valence-electron chi connectivity index (χ4n) is 1.10. The molecule has 0 spiro atoms. The topological polar surface area (TPSA) is 48.1 Å². The molecule has 0 saturated heterocycles. The molecule has 0 unspecified atom stereocenters. The van der Waals surface area contributed by atoms with E-state index in [9.17, 15) is 4.39 Å². The van der Waals surface area contributed by atoms with Crippen LogP contribution in [0.3, 0.4) is 0 Å². The summed E-state index contributed by atoms with van der Waals surface area (Å²) in [5, 5.41) is 1.04. The number of thiazole rings is 1. The van der Waals surface area contributed by atoms with E-state index in [1.165, 1.54) is 23.6 Å². The monoisotopic (exact) mass is 224 g/mol. The molecule has 5 heteroatoms. The molecule has 3 nitrogen and oxygen atoms in total. The Labute approximate surface area is 90.3 Å². The molecule has 0 aliphatic heterocycles.